The zero-order valence-electron chi connectivity index (χ0n) is 11.3. The summed E-state index contributed by atoms with van der Waals surface area (Å²) in [4.78, 5) is 4.09. The van der Waals surface area contributed by atoms with Crippen molar-refractivity contribution in [1.29, 1.82) is 0 Å². The van der Waals surface area contributed by atoms with Gasteiger partial charge in [-0.15, -0.1) is 0 Å². The van der Waals surface area contributed by atoms with E-state index in [4.69, 9.17) is 4.74 Å². The molecular formula is C16H18ClN2O-. The van der Waals surface area contributed by atoms with Crippen LogP contribution in [0, 0.1) is 0 Å². The van der Waals surface area contributed by atoms with E-state index in [0.717, 1.165) is 18.8 Å². The molecule has 0 saturated carbocycles. The van der Waals surface area contributed by atoms with Gasteiger partial charge in [-0.25, -0.2) is 0 Å². The largest absolute Gasteiger partial charge is 1.00 e. The van der Waals surface area contributed by atoms with E-state index in [1.54, 1.807) is 12.3 Å². The molecule has 0 amide bonds. The Morgan fingerprint density at radius 3 is 2.50 bits per heavy atom. The van der Waals surface area contributed by atoms with Crippen LogP contribution in [-0.2, 0) is 13.1 Å². The van der Waals surface area contributed by atoms with Crippen LogP contribution in [0.5, 0.6) is 5.75 Å². The van der Waals surface area contributed by atoms with Gasteiger partial charge < -0.3 is 22.5 Å². The third kappa shape index (κ3) is 5.43. The van der Waals surface area contributed by atoms with Crippen molar-refractivity contribution < 1.29 is 17.1 Å². The Hall–Kier alpha value is -1.84. The normalized spacial score (nSPS) is 9.60. The summed E-state index contributed by atoms with van der Waals surface area (Å²) < 4.78 is 5.44. The van der Waals surface area contributed by atoms with Gasteiger partial charge in [0.15, 0.2) is 0 Å². The number of aromatic nitrogens is 1. The zero-order chi connectivity index (χ0) is 13.3. The van der Waals surface area contributed by atoms with Crippen LogP contribution < -0.4 is 22.5 Å². The minimum Gasteiger partial charge on any atom is -1.00 e. The number of hydrogen-bond donors (Lipinski definition) is 1. The Labute approximate surface area is 126 Å². The topological polar surface area (TPSA) is 34.1 Å². The molecule has 1 aromatic carbocycles. The zero-order valence-corrected chi connectivity index (χ0v) is 12.0. The van der Waals surface area contributed by atoms with Crippen molar-refractivity contribution in [3.63, 3.8) is 0 Å². The summed E-state index contributed by atoms with van der Waals surface area (Å²) in [5.74, 6) is 0.871. The fraction of sp³-hybridized carbons (Fsp3) is 0.188. The molecule has 0 atom stereocenters. The lowest BCUT2D eigenvalue weighted by Crippen LogP contribution is -3.00. The van der Waals surface area contributed by atoms with Gasteiger partial charge in [0.2, 0.25) is 0 Å². The average Bonchev–Trinajstić information content (AvgIpc) is 2.47. The molecule has 3 nitrogen and oxygen atoms in total. The van der Waals surface area contributed by atoms with Crippen LogP contribution in [0.4, 0.5) is 0 Å². The molecule has 0 radical (unpaired) electrons. The van der Waals surface area contributed by atoms with Gasteiger partial charge in [0.25, 0.3) is 0 Å². The van der Waals surface area contributed by atoms with Gasteiger partial charge in [0.1, 0.15) is 12.4 Å². The summed E-state index contributed by atoms with van der Waals surface area (Å²) in [5.41, 5.74) is 2.42. The van der Waals surface area contributed by atoms with Gasteiger partial charge in [-0.2, -0.15) is 0 Å². The summed E-state index contributed by atoms with van der Waals surface area (Å²) in [6, 6.07) is 12.1. The summed E-state index contributed by atoms with van der Waals surface area (Å²) >= 11 is 0. The van der Waals surface area contributed by atoms with Crippen LogP contribution in [0.3, 0.4) is 0 Å². The molecule has 1 N–H and O–H groups in total. The van der Waals surface area contributed by atoms with Gasteiger partial charge >= 0.3 is 0 Å². The standard InChI is InChI=1S/C16H18N2O.ClH/c1-2-10-19-16-7-5-14(6-8-16)11-18-13-15-4-3-9-17-12-15;/h2-9,12,18H,1,10-11,13H2;1H/p-1. The number of pyridine rings is 1. The molecule has 0 fully saturated rings. The Morgan fingerprint density at radius 1 is 1.10 bits per heavy atom. The van der Waals surface area contributed by atoms with Gasteiger partial charge in [-0.05, 0) is 29.3 Å². The molecule has 20 heavy (non-hydrogen) atoms. The molecule has 2 rings (SSSR count). The van der Waals surface area contributed by atoms with Crippen molar-refractivity contribution in [1.82, 2.24) is 10.3 Å². The average molecular weight is 290 g/mol. The van der Waals surface area contributed by atoms with E-state index < -0.39 is 0 Å². The number of nitrogens with one attached hydrogen (secondary N) is 1. The minimum absolute atomic E-state index is 0. The lowest BCUT2D eigenvalue weighted by atomic mass is 10.2. The fourth-order valence-electron chi connectivity index (χ4n) is 1.71. The minimum atomic E-state index is 0. The second-order valence-electron chi connectivity index (χ2n) is 4.21. The van der Waals surface area contributed by atoms with Crippen molar-refractivity contribution in [2.24, 2.45) is 0 Å². The number of hydrogen-bond acceptors (Lipinski definition) is 3. The number of nitrogens with zero attached hydrogens (tertiary/aromatic N) is 1. The van der Waals surface area contributed by atoms with E-state index >= 15 is 0 Å². The first-order valence-electron chi connectivity index (χ1n) is 6.31. The monoisotopic (exact) mass is 289 g/mol. The number of ether oxygens (including phenoxy) is 1. The second-order valence-corrected chi connectivity index (χ2v) is 4.21. The fourth-order valence-corrected chi connectivity index (χ4v) is 1.71. The summed E-state index contributed by atoms with van der Waals surface area (Å²) in [5, 5.41) is 3.38. The number of benzene rings is 1. The second kappa shape index (κ2) is 9.13. The first kappa shape index (κ1) is 16.2. The van der Waals surface area contributed by atoms with Gasteiger partial charge in [-0.3, -0.25) is 4.98 Å². The van der Waals surface area contributed by atoms with E-state index in [9.17, 15) is 0 Å². The quantitative estimate of drug-likeness (QED) is 0.725. The van der Waals surface area contributed by atoms with Gasteiger partial charge in [-0.1, -0.05) is 30.9 Å². The van der Waals surface area contributed by atoms with Gasteiger partial charge in [0, 0.05) is 25.5 Å². The smallest absolute Gasteiger partial charge is 0.119 e. The molecule has 0 unspecified atom stereocenters. The van der Waals surface area contributed by atoms with Crippen LogP contribution >= 0.6 is 0 Å². The molecular weight excluding hydrogens is 272 g/mol. The molecule has 0 saturated heterocycles. The van der Waals surface area contributed by atoms with Crippen LogP contribution in [0.2, 0.25) is 0 Å². The summed E-state index contributed by atoms with van der Waals surface area (Å²) in [7, 11) is 0. The van der Waals surface area contributed by atoms with Crippen LogP contribution in [-0.4, -0.2) is 11.6 Å². The third-order valence-electron chi connectivity index (χ3n) is 2.67. The predicted octanol–water partition coefficient (Wildman–Crippen LogP) is -0.0598. The van der Waals surface area contributed by atoms with E-state index in [1.807, 2.05) is 24.4 Å². The van der Waals surface area contributed by atoms with E-state index in [0.29, 0.717) is 6.61 Å². The Balaban J connectivity index is 0.00000200. The van der Waals surface area contributed by atoms with E-state index in [1.165, 1.54) is 11.1 Å². The molecule has 0 spiro atoms. The molecule has 2 aromatic rings. The summed E-state index contributed by atoms with van der Waals surface area (Å²) in [6.45, 7) is 5.81. The first-order valence-corrected chi connectivity index (χ1v) is 6.31. The molecule has 0 aliphatic carbocycles. The lowest BCUT2D eigenvalue weighted by Gasteiger charge is -2.07. The maximum Gasteiger partial charge on any atom is 0.119 e. The van der Waals surface area contributed by atoms with Crippen molar-refractivity contribution in [2.45, 2.75) is 13.1 Å². The highest BCUT2D eigenvalue weighted by atomic mass is 35.5. The van der Waals surface area contributed by atoms with Crippen molar-refractivity contribution >= 4 is 0 Å². The van der Waals surface area contributed by atoms with E-state index in [-0.39, 0.29) is 12.4 Å². The molecule has 1 heterocycles. The SMILES string of the molecule is C=CCOc1ccc(CNCc2cccnc2)cc1.[Cl-]. The maximum atomic E-state index is 5.44. The lowest BCUT2D eigenvalue weighted by molar-refractivity contribution is -0.00000435. The number of halogens is 1. The Bertz CT molecular complexity index is 500. The highest BCUT2D eigenvalue weighted by Gasteiger charge is 1.96. The molecule has 4 heteroatoms. The molecule has 106 valence electrons. The highest BCUT2D eigenvalue weighted by molar-refractivity contribution is 5.27. The van der Waals surface area contributed by atoms with Crippen molar-refractivity contribution in [3.05, 3.63) is 72.6 Å². The Kier molecular flexibility index (Phi) is 7.40. The highest BCUT2D eigenvalue weighted by Crippen LogP contribution is 2.12. The third-order valence-corrected chi connectivity index (χ3v) is 2.67. The molecule has 0 bridgehead atoms. The maximum absolute atomic E-state index is 5.44. The van der Waals surface area contributed by atoms with Crippen LogP contribution in [0.1, 0.15) is 11.1 Å². The van der Waals surface area contributed by atoms with Crippen LogP contribution in [0.25, 0.3) is 0 Å². The number of rotatable bonds is 7. The van der Waals surface area contributed by atoms with Crippen molar-refractivity contribution in [2.75, 3.05) is 6.61 Å². The van der Waals surface area contributed by atoms with Crippen LogP contribution in [0.15, 0.2) is 61.4 Å². The van der Waals surface area contributed by atoms with Gasteiger partial charge in [0.05, 0.1) is 0 Å². The predicted molar refractivity (Wildman–Crippen MR) is 76.9 cm³/mol. The summed E-state index contributed by atoms with van der Waals surface area (Å²) in [6.07, 6.45) is 5.40. The molecule has 1 aromatic heterocycles. The Morgan fingerprint density at radius 2 is 1.85 bits per heavy atom. The first-order chi connectivity index (χ1) is 9.38. The van der Waals surface area contributed by atoms with Crippen molar-refractivity contribution in [3.8, 4) is 5.75 Å². The molecule has 0 aliphatic rings. The molecule has 0 aliphatic heterocycles. The van der Waals surface area contributed by atoms with E-state index in [2.05, 4.69) is 35.1 Å².